The summed E-state index contributed by atoms with van der Waals surface area (Å²) >= 11 is 0. The van der Waals surface area contributed by atoms with Gasteiger partial charge in [-0.25, -0.2) is 18.4 Å². The molecule has 0 aliphatic heterocycles. The quantitative estimate of drug-likeness (QED) is 0.311. The summed E-state index contributed by atoms with van der Waals surface area (Å²) in [6.07, 6.45) is 0.241. The van der Waals surface area contributed by atoms with Gasteiger partial charge < -0.3 is 10.5 Å². The Hall–Kier alpha value is -4.55. The molecule has 0 saturated carbocycles. The molecule has 2 aromatic heterocycles. The number of ether oxygens (including phenoxy) is 1. The molecule has 0 amide bonds. The van der Waals surface area contributed by atoms with Crippen LogP contribution in [0, 0.1) is 32.1 Å². The number of pyridine rings is 2. The number of ketones is 1. The fourth-order valence-electron chi connectivity index (χ4n) is 4.18. The lowest BCUT2D eigenvalue weighted by Gasteiger charge is -2.16. The van der Waals surface area contributed by atoms with Gasteiger partial charge >= 0.3 is 0 Å². The molecule has 0 atom stereocenters. The number of nitrogens with two attached hydrogens (primary N) is 1. The van der Waals surface area contributed by atoms with E-state index in [9.17, 15) is 13.2 Å². The molecule has 0 spiro atoms. The largest absolute Gasteiger partial charge is 0.438 e. The van der Waals surface area contributed by atoms with Gasteiger partial charge in [-0.05, 0) is 67.8 Å². The zero-order valence-electron chi connectivity index (χ0n) is 21.2. The van der Waals surface area contributed by atoms with Crippen LogP contribution in [-0.2, 0) is 16.3 Å². The van der Waals surface area contributed by atoms with Crippen LogP contribution in [0.5, 0.6) is 11.6 Å². The molecule has 0 bridgehead atoms. The van der Waals surface area contributed by atoms with Crippen LogP contribution in [0.15, 0.2) is 71.8 Å². The highest BCUT2D eigenvalue weighted by Crippen LogP contribution is 2.33. The lowest BCUT2D eigenvalue weighted by atomic mass is 10.0. The lowest BCUT2D eigenvalue weighted by molar-refractivity contribution is 0.101. The number of hydrogen-bond acceptors (Lipinski definition) is 8. The van der Waals surface area contributed by atoms with Crippen LogP contribution < -0.4 is 10.5 Å². The maximum atomic E-state index is 13.3. The molecule has 192 valence electrons. The Kier molecular flexibility index (Phi) is 7.55. The molecule has 2 N–H and O–H groups in total. The number of aromatic nitrogens is 2. The van der Waals surface area contributed by atoms with Crippen LogP contribution in [0.2, 0.25) is 0 Å². The Morgan fingerprint density at radius 3 is 2.37 bits per heavy atom. The third-order valence-electron chi connectivity index (χ3n) is 5.85. The predicted molar refractivity (Wildman–Crippen MR) is 145 cm³/mol. The Labute approximate surface area is 221 Å². The van der Waals surface area contributed by atoms with E-state index in [4.69, 9.17) is 15.7 Å². The topological polar surface area (TPSA) is 136 Å². The van der Waals surface area contributed by atoms with Crippen molar-refractivity contribution in [2.75, 3.05) is 11.5 Å². The number of Topliss-reactive ketones (excluding diaryl/α,β-unsaturated/α-hetero) is 1. The van der Waals surface area contributed by atoms with Crippen molar-refractivity contribution in [3.8, 4) is 29.0 Å². The van der Waals surface area contributed by atoms with E-state index in [1.807, 2.05) is 57.2 Å². The van der Waals surface area contributed by atoms with Gasteiger partial charge in [0.1, 0.15) is 17.3 Å². The second kappa shape index (κ2) is 10.8. The average molecular weight is 527 g/mol. The maximum Gasteiger partial charge on any atom is 0.230 e. The summed E-state index contributed by atoms with van der Waals surface area (Å²) in [5, 5.41) is 8.78. The Bertz CT molecular complexity index is 1670. The summed E-state index contributed by atoms with van der Waals surface area (Å²) in [4.78, 5) is 21.8. The number of nitrogen functional groups attached to an aromatic ring is 1. The molecule has 0 fully saturated rings. The third-order valence-corrected chi connectivity index (χ3v) is 7.36. The summed E-state index contributed by atoms with van der Waals surface area (Å²) in [7, 11) is -4.07. The molecule has 9 heteroatoms. The van der Waals surface area contributed by atoms with Crippen LogP contribution in [0.25, 0.3) is 11.3 Å². The SMILES string of the molecule is Cc1cc(C)c(Oc2nc(-c3cccc(CC#N)c3)ccc2C(=O)CS(=O)(=O)c2cccc(N)n2)c(C)c1. The van der Waals surface area contributed by atoms with Crippen LogP contribution in [0.3, 0.4) is 0 Å². The highest BCUT2D eigenvalue weighted by atomic mass is 32.2. The van der Waals surface area contributed by atoms with Gasteiger partial charge in [0.15, 0.2) is 10.8 Å². The number of benzene rings is 2. The normalized spacial score (nSPS) is 11.1. The highest BCUT2D eigenvalue weighted by Gasteiger charge is 2.26. The first-order chi connectivity index (χ1) is 18.1. The summed E-state index contributed by atoms with van der Waals surface area (Å²) in [5.74, 6) is -0.956. The Balaban J connectivity index is 1.78. The molecule has 0 aliphatic rings. The van der Waals surface area contributed by atoms with Crippen molar-refractivity contribution in [2.24, 2.45) is 0 Å². The number of sulfone groups is 1. The fourth-order valence-corrected chi connectivity index (χ4v) is 5.35. The number of nitriles is 1. The van der Waals surface area contributed by atoms with E-state index in [0.29, 0.717) is 11.4 Å². The van der Waals surface area contributed by atoms with Gasteiger partial charge in [0, 0.05) is 5.56 Å². The highest BCUT2D eigenvalue weighted by molar-refractivity contribution is 7.92. The number of carbonyl (C=O) groups is 1. The summed E-state index contributed by atoms with van der Waals surface area (Å²) in [5.41, 5.74) is 10.5. The van der Waals surface area contributed by atoms with Crippen molar-refractivity contribution in [2.45, 2.75) is 32.2 Å². The number of nitrogens with zero attached hydrogens (tertiary/aromatic N) is 3. The van der Waals surface area contributed by atoms with E-state index in [0.717, 1.165) is 27.8 Å². The molecule has 0 radical (unpaired) electrons. The predicted octanol–water partition coefficient (Wildman–Crippen LogP) is 5.17. The second-order valence-corrected chi connectivity index (χ2v) is 10.9. The molecule has 4 aromatic rings. The first-order valence-corrected chi connectivity index (χ1v) is 13.4. The van der Waals surface area contributed by atoms with Gasteiger partial charge in [0.2, 0.25) is 15.7 Å². The lowest BCUT2D eigenvalue weighted by Crippen LogP contribution is -2.19. The van der Waals surface area contributed by atoms with Crippen molar-refractivity contribution < 1.29 is 17.9 Å². The van der Waals surface area contributed by atoms with Gasteiger partial charge in [-0.3, -0.25) is 4.79 Å². The summed E-state index contributed by atoms with van der Waals surface area (Å²) < 4.78 is 32.1. The van der Waals surface area contributed by atoms with E-state index in [1.54, 1.807) is 6.07 Å². The number of hydrogen-bond donors (Lipinski definition) is 1. The first kappa shape index (κ1) is 26.5. The molecule has 8 nitrogen and oxygen atoms in total. The molecule has 0 unspecified atom stereocenters. The van der Waals surface area contributed by atoms with Gasteiger partial charge in [-0.2, -0.15) is 5.26 Å². The standard InChI is InChI=1S/C29H26N4O4S/c1-18-14-19(2)28(20(3)15-18)37-29-23(25(34)17-38(35,36)27-9-5-8-26(31)33-27)10-11-24(32-29)22-7-4-6-21(16-22)12-13-30/h4-11,14-16H,12,17H2,1-3H3,(H2,31,33). The molecular formula is C29H26N4O4S. The van der Waals surface area contributed by atoms with Crippen LogP contribution in [0.1, 0.15) is 32.6 Å². The number of carbonyl (C=O) groups excluding carboxylic acids is 1. The number of anilines is 1. The smallest absolute Gasteiger partial charge is 0.230 e. The molecule has 4 rings (SSSR count). The van der Waals surface area contributed by atoms with Crippen molar-refractivity contribution in [1.82, 2.24) is 9.97 Å². The van der Waals surface area contributed by atoms with Crippen molar-refractivity contribution in [1.29, 1.82) is 5.26 Å². The minimum atomic E-state index is -4.07. The molecule has 2 aromatic carbocycles. The van der Waals surface area contributed by atoms with Gasteiger partial charge in [-0.15, -0.1) is 0 Å². The van der Waals surface area contributed by atoms with Gasteiger partial charge in [-0.1, -0.05) is 42.0 Å². The second-order valence-electron chi connectivity index (χ2n) is 9.00. The van der Waals surface area contributed by atoms with Crippen molar-refractivity contribution in [3.05, 3.63) is 94.5 Å². The number of rotatable bonds is 8. The monoisotopic (exact) mass is 526 g/mol. The first-order valence-electron chi connectivity index (χ1n) is 11.8. The maximum absolute atomic E-state index is 13.3. The average Bonchev–Trinajstić information content (AvgIpc) is 2.86. The van der Waals surface area contributed by atoms with Crippen molar-refractivity contribution >= 4 is 21.4 Å². The van der Waals surface area contributed by atoms with Gasteiger partial charge in [0.05, 0.1) is 23.7 Å². The van der Waals surface area contributed by atoms with Crippen LogP contribution >= 0.6 is 0 Å². The molecule has 0 aliphatic carbocycles. The zero-order valence-corrected chi connectivity index (χ0v) is 22.0. The minimum Gasteiger partial charge on any atom is -0.438 e. The molecule has 0 saturated heterocycles. The number of aryl methyl sites for hydroxylation is 3. The van der Waals surface area contributed by atoms with E-state index in [1.165, 1.54) is 24.3 Å². The van der Waals surface area contributed by atoms with E-state index in [2.05, 4.69) is 16.0 Å². The Morgan fingerprint density at radius 1 is 0.974 bits per heavy atom. The Morgan fingerprint density at radius 2 is 1.68 bits per heavy atom. The molecule has 2 heterocycles. The fraction of sp³-hybridized carbons (Fsp3) is 0.172. The summed E-state index contributed by atoms with van der Waals surface area (Å²) in [6, 6.07) is 20.8. The van der Waals surface area contributed by atoms with Crippen LogP contribution in [-0.4, -0.2) is 29.9 Å². The minimum absolute atomic E-state index is 0.0102. The van der Waals surface area contributed by atoms with Gasteiger partial charge in [0.25, 0.3) is 0 Å². The zero-order chi connectivity index (χ0) is 27.4. The van der Waals surface area contributed by atoms with E-state index >= 15 is 0 Å². The molecular weight excluding hydrogens is 500 g/mol. The molecule has 38 heavy (non-hydrogen) atoms. The van der Waals surface area contributed by atoms with Crippen molar-refractivity contribution in [3.63, 3.8) is 0 Å². The summed E-state index contributed by atoms with van der Waals surface area (Å²) in [6.45, 7) is 5.75. The van der Waals surface area contributed by atoms with E-state index in [-0.39, 0.29) is 28.7 Å². The van der Waals surface area contributed by atoms with Crippen LogP contribution in [0.4, 0.5) is 5.82 Å². The van der Waals surface area contributed by atoms with E-state index < -0.39 is 21.4 Å². The third kappa shape index (κ3) is 5.88.